The summed E-state index contributed by atoms with van der Waals surface area (Å²) in [7, 11) is 0. The molecule has 7 heteroatoms. The van der Waals surface area contributed by atoms with E-state index in [1.165, 1.54) is 17.3 Å². The second-order valence-electron chi connectivity index (χ2n) is 5.29. The van der Waals surface area contributed by atoms with Crippen molar-refractivity contribution < 1.29 is 9.53 Å². The number of hydrogen-bond acceptors (Lipinski definition) is 4. The van der Waals surface area contributed by atoms with Gasteiger partial charge in [-0.05, 0) is 31.9 Å². The molecule has 1 aliphatic rings. The average Bonchev–Trinajstić information content (AvgIpc) is 2.97. The van der Waals surface area contributed by atoms with Crippen molar-refractivity contribution in [1.82, 2.24) is 20.1 Å². The van der Waals surface area contributed by atoms with Gasteiger partial charge in [0.25, 0.3) is 0 Å². The molecule has 1 aromatic carbocycles. The van der Waals surface area contributed by atoms with E-state index >= 15 is 0 Å². The lowest BCUT2D eigenvalue weighted by molar-refractivity contribution is -0.125. The average molecular weight is 321 g/mol. The molecule has 2 heterocycles. The number of aromatic nitrogens is 3. The van der Waals surface area contributed by atoms with Crippen molar-refractivity contribution in [3.8, 4) is 5.75 Å². The van der Waals surface area contributed by atoms with E-state index in [1.54, 1.807) is 13.0 Å². The van der Waals surface area contributed by atoms with E-state index in [1.807, 2.05) is 12.1 Å². The molecule has 0 radical (unpaired) electrons. The number of amides is 1. The molecular formula is C15H17ClN4O2. The van der Waals surface area contributed by atoms with Gasteiger partial charge in [-0.1, -0.05) is 17.7 Å². The van der Waals surface area contributed by atoms with E-state index in [0.29, 0.717) is 11.6 Å². The van der Waals surface area contributed by atoms with E-state index in [4.69, 9.17) is 16.3 Å². The van der Waals surface area contributed by atoms with Gasteiger partial charge in [0, 0.05) is 10.6 Å². The van der Waals surface area contributed by atoms with Gasteiger partial charge in [-0.15, -0.1) is 0 Å². The minimum Gasteiger partial charge on any atom is -0.493 e. The summed E-state index contributed by atoms with van der Waals surface area (Å²) in [5.74, 6) is 0.641. The Morgan fingerprint density at radius 2 is 2.41 bits per heavy atom. The number of hydrogen-bond donors (Lipinski definition) is 1. The highest BCUT2D eigenvalue weighted by atomic mass is 35.5. The lowest BCUT2D eigenvalue weighted by Gasteiger charge is -2.21. The van der Waals surface area contributed by atoms with Crippen LogP contribution in [0, 0.1) is 0 Å². The number of rotatable bonds is 3. The van der Waals surface area contributed by atoms with Crippen LogP contribution < -0.4 is 10.1 Å². The molecule has 6 nitrogen and oxygen atoms in total. The smallest absolute Gasteiger partial charge is 0.245 e. The van der Waals surface area contributed by atoms with E-state index in [0.717, 1.165) is 24.2 Å². The summed E-state index contributed by atoms with van der Waals surface area (Å²) in [4.78, 5) is 16.3. The van der Waals surface area contributed by atoms with Crippen LogP contribution in [0.1, 0.15) is 37.4 Å². The molecule has 116 valence electrons. The molecule has 0 saturated carbocycles. The lowest BCUT2D eigenvalue weighted by atomic mass is 10.0. The number of carbonyl (C=O) groups is 1. The highest BCUT2D eigenvalue weighted by molar-refractivity contribution is 6.30. The maximum Gasteiger partial charge on any atom is 0.245 e. The van der Waals surface area contributed by atoms with Gasteiger partial charge in [-0.3, -0.25) is 4.79 Å². The first-order chi connectivity index (χ1) is 10.6. The van der Waals surface area contributed by atoms with Crippen LogP contribution in [-0.4, -0.2) is 27.3 Å². The Kier molecular flexibility index (Phi) is 4.29. The highest BCUT2D eigenvalue weighted by Gasteiger charge is 2.24. The molecule has 3 rings (SSSR count). The zero-order valence-electron chi connectivity index (χ0n) is 12.2. The maximum atomic E-state index is 12.4. The first kappa shape index (κ1) is 14.8. The molecule has 1 aliphatic heterocycles. The molecule has 0 aliphatic carbocycles. The second kappa shape index (κ2) is 6.36. The second-order valence-corrected chi connectivity index (χ2v) is 5.72. The quantitative estimate of drug-likeness (QED) is 0.943. The summed E-state index contributed by atoms with van der Waals surface area (Å²) in [6.45, 7) is 2.42. The number of nitrogens with one attached hydrogen (secondary N) is 1. The molecule has 2 atom stereocenters. The SMILES string of the molecule is C[C@H](C(=O)N[C@H]1CCCOc2cc(Cl)ccc21)n1cncn1. The fourth-order valence-corrected chi connectivity index (χ4v) is 2.69. The Labute approximate surface area is 133 Å². The van der Waals surface area contributed by atoms with Gasteiger partial charge < -0.3 is 10.1 Å². The van der Waals surface area contributed by atoms with Crippen LogP contribution in [0.15, 0.2) is 30.9 Å². The van der Waals surface area contributed by atoms with Crippen molar-refractivity contribution in [1.29, 1.82) is 0 Å². The van der Waals surface area contributed by atoms with Gasteiger partial charge in [-0.25, -0.2) is 9.67 Å². The van der Waals surface area contributed by atoms with Crippen LogP contribution in [0.3, 0.4) is 0 Å². The normalized spacial score (nSPS) is 18.7. The summed E-state index contributed by atoms with van der Waals surface area (Å²) >= 11 is 6.02. The topological polar surface area (TPSA) is 69.0 Å². The van der Waals surface area contributed by atoms with Crippen molar-refractivity contribution in [3.05, 3.63) is 41.4 Å². The molecule has 0 unspecified atom stereocenters. The number of nitrogens with zero attached hydrogens (tertiary/aromatic N) is 3. The fourth-order valence-electron chi connectivity index (χ4n) is 2.53. The zero-order chi connectivity index (χ0) is 15.5. The van der Waals surface area contributed by atoms with Crippen LogP contribution in [0.5, 0.6) is 5.75 Å². The number of fused-ring (bicyclic) bond motifs is 1. The maximum absolute atomic E-state index is 12.4. The van der Waals surface area contributed by atoms with E-state index in [-0.39, 0.29) is 11.9 Å². The first-order valence-corrected chi connectivity index (χ1v) is 7.59. The summed E-state index contributed by atoms with van der Waals surface area (Å²) < 4.78 is 7.24. The first-order valence-electron chi connectivity index (χ1n) is 7.22. The Hall–Kier alpha value is -2.08. The van der Waals surface area contributed by atoms with Crippen molar-refractivity contribution in [2.75, 3.05) is 6.61 Å². The third kappa shape index (κ3) is 3.06. The van der Waals surface area contributed by atoms with Gasteiger partial charge in [0.15, 0.2) is 0 Å². The van der Waals surface area contributed by atoms with Crippen molar-refractivity contribution >= 4 is 17.5 Å². The third-order valence-electron chi connectivity index (χ3n) is 3.78. The van der Waals surface area contributed by atoms with Crippen LogP contribution in [-0.2, 0) is 4.79 Å². The number of carbonyl (C=O) groups excluding carboxylic acids is 1. The van der Waals surface area contributed by atoms with E-state index < -0.39 is 6.04 Å². The lowest BCUT2D eigenvalue weighted by Crippen LogP contribution is -2.34. The van der Waals surface area contributed by atoms with Gasteiger partial charge in [0.2, 0.25) is 5.91 Å². The summed E-state index contributed by atoms with van der Waals surface area (Å²) in [5, 5.41) is 7.71. The largest absolute Gasteiger partial charge is 0.493 e. The van der Waals surface area contributed by atoms with Crippen LogP contribution >= 0.6 is 11.6 Å². The number of ether oxygens (including phenoxy) is 1. The Balaban J connectivity index is 1.79. The summed E-state index contributed by atoms with van der Waals surface area (Å²) in [6, 6.07) is 5.02. The van der Waals surface area contributed by atoms with Crippen LogP contribution in [0.25, 0.3) is 0 Å². The van der Waals surface area contributed by atoms with Gasteiger partial charge in [-0.2, -0.15) is 5.10 Å². The van der Waals surface area contributed by atoms with Crippen molar-refractivity contribution in [2.45, 2.75) is 31.8 Å². The minimum atomic E-state index is -0.414. The Morgan fingerprint density at radius 3 is 3.18 bits per heavy atom. The standard InChI is InChI=1S/C15H17ClN4O2/c1-10(20-9-17-8-18-20)15(21)19-13-3-2-6-22-14-7-11(16)4-5-12(13)14/h4-5,7-10,13H,2-3,6H2,1H3,(H,19,21)/t10-,13+/m1/s1. The molecular weight excluding hydrogens is 304 g/mol. The van der Waals surface area contributed by atoms with Crippen LogP contribution in [0.2, 0.25) is 5.02 Å². The van der Waals surface area contributed by atoms with Gasteiger partial charge in [0.05, 0.1) is 12.6 Å². The molecule has 0 fully saturated rings. The number of halogens is 1. The van der Waals surface area contributed by atoms with Gasteiger partial charge >= 0.3 is 0 Å². The highest BCUT2D eigenvalue weighted by Crippen LogP contribution is 2.33. The molecule has 1 aromatic heterocycles. The molecule has 0 spiro atoms. The number of benzene rings is 1. The Morgan fingerprint density at radius 1 is 1.55 bits per heavy atom. The van der Waals surface area contributed by atoms with Crippen LogP contribution in [0.4, 0.5) is 0 Å². The molecule has 22 heavy (non-hydrogen) atoms. The molecule has 0 bridgehead atoms. The molecule has 1 amide bonds. The van der Waals surface area contributed by atoms with Gasteiger partial charge in [0.1, 0.15) is 24.4 Å². The fraction of sp³-hybridized carbons (Fsp3) is 0.400. The predicted octanol–water partition coefficient (Wildman–Crippen LogP) is 2.52. The minimum absolute atomic E-state index is 0.0896. The van der Waals surface area contributed by atoms with E-state index in [2.05, 4.69) is 15.4 Å². The predicted molar refractivity (Wildman–Crippen MR) is 81.8 cm³/mol. The van der Waals surface area contributed by atoms with E-state index in [9.17, 15) is 4.79 Å². The Bertz CT molecular complexity index is 660. The van der Waals surface area contributed by atoms with Crippen molar-refractivity contribution in [3.63, 3.8) is 0 Å². The summed E-state index contributed by atoms with van der Waals surface area (Å²) in [6.07, 6.45) is 4.65. The monoisotopic (exact) mass is 320 g/mol. The molecule has 2 aromatic rings. The zero-order valence-corrected chi connectivity index (χ0v) is 13.0. The molecule has 1 N–H and O–H groups in total. The van der Waals surface area contributed by atoms with Crippen molar-refractivity contribution in [2.24, 2.45) is 0 Å². The summed E-state index contributed by atoms with van der Waals surface area (Å²) in [5.41, 5.74) is 0.959. The molecule has 0 saturated heterocycles. The third-order valence-corrected chi connectivity index (χ3v) is 4.01.